The van der Waals surface area contributed by atoms with Gasteiger partial charge in [0.1, 0.15) is 5.75 Å². The Morgan fingerprint density at radius 2 is 1.28 bits per heavy atom. The molecular weight excluding hydrogens is 604 g/mol. The number of carboxylic acid groups (broad SMARTS) is 1. The molecule has 3 rings (SSSR count). The van der Waals surface area contributed by atoms with E-state index in [0.717, 1.165) is 41.3 Å². The van der Waals surface area contributed by atoms with Crippen LogP contribution >= 0.6 is 15.9 Å². The van der Waals surface area contributed by atoms with Crippen molar-refractivity contribution >= 4 is 27.9 Å². The highest BCUT2D eigenvalue weighted by molar-refractivity contribution is 9.09. The maximum atomic E-state index is 12.3. The van der Waals surface area contributed by atoms with E-state index in [1.807, 2.05) is 42.5 Å². The van der Waals surface area contributed by atoms with Gasteiger partial charge >= 0.3 is 11.9 Å². The molecule has 232 valence electrons. The van der Waals surface area contributed by atoms with Gasteiger partial charge in [0.05, 0.1) is 24.3 Å². The van der Waals surface area contributed by atoms with Crippen LogP contribution in [0.3, 0.4) is 0 Å². The number of hydrogen-bond acceptors (Lipinski definition) is 4. The first-order chi connectivity index (χ1) is 20.9. The zero-order valence-corrected chi connectivity index (χ0v) is 27.4. The van der Waals surface area contributed by atoms with Crippen molar-refractivity contribution < 1.29 is 24.2 Å². The average Bonchev–Trinajstić information content (AvgIpc) is 3.04. The normalized spacial score (nSPS) is 11.7. The maximum Gasteiger partial charge on any atom is 0.338 e. The Hall–Kier alpha value is -3.12. The average molecular weight is 652 g/mol. The van der Waals surface area contributed by atoms with Crippen LogP contribution in [0.2, 0.25) is 0 Å². The van der Waals surface area contributed by atoms with Gasteiger partial charge in [-0.25, -0.2) is 9.59 Å². The Labute approximate surface area is 266 Å². The summed E-state index contributed by atoms with van der Waals surface area (Å²) in [5, 5.41) is 10.9. The third-order valence-corrected chi connectivity index (χ3v) is 8.42. The molecule has 0 heterocycles. The van der Waals surface area contributed by atoms with E-state index in [9.17, 15) is 14.7 Å². The van der Waals surface area contributed by atoms with Gasteiger partial charge < -0.3 is 14.6 Å². The second-order valence-corrected chi connectivity index (χ2v) is 12.1. The van der Waals surface area contributed by atoms with Crippen LogP contribution in [0.5, 0.6) is 5.75 Å². The third-order valence-electron chi connectivity index (χ3n) is 7.86. The number of halogens is 1. The van der Waals surface area contributed by atoms with Crippen molar-refractivity contribution in [2.24, 2.45) is 5.92 Å². The van der Waals surface area contributed by atoms with Crippen molar-refractivity contribution in [3.05, 3.63) is 77.9 Å². The number of carbonyl (C=O) groups is 2. The zero-order chi connectivity index (χ0) is 30.9. The molecular formula is C37H47BrO5. The lowest BCUT2D eigenvalue weighted by molar-refractivity contribution is 0.0446. The Morgan fingerprint density at radius 3 is 1.84 bits per heavy atom. The fourth-order valence-corrected chi connectivity index (χ4v) is 5.30. The molecule has 0 amide bonds. The van der Waals surface area contributed by atoms with Crippen LogP contribution in [0.15, 0.2) is 66.7 Å². The lowest BCUT2D eigenvalue weighted by Gasteiger charge is -2.12. The quantitative estimate of drug-likeness (QED) is 0.0748. The summed E-state index contributed by atoms with van der Waals surface area (Å²) in [4.78, 5) is 24.3. The lowest BCUT2D eigenvalue weighted by Crippen LogP contribution is -2.11. The topological polar surface area (TPSA) is 72.8 Å². The van der Waals surface area contributed by atoms with Gasteiger partial charge in [-0.05, 0) is 71.3 Å². The highest BCUT2D eigenvalue weighted by atomic mass is 79.9. The largest absolute Gasteiger partial charge is 0.494 e. The summed E-state index contributed by atoms with van der Waals surface area (Å²) >= 11 is 3.49. The summed E-state index contributed by atoms with van der Waals surface area (Å²) < 4.78 is 11.4. The zero-order valence-electron chi connectivity index (χ0n) is 25.8. The standard InChI is InChI=1S/C37H47BrO5/c1-3-28(2)27-43-37(41)32-20-16-30(17-21-32)29-14-18-31(19-15-29)35-26-33(22-23-34(35)36(39)40)42-25-13-11-9-7-5-4-6-8-10-12-24-38/h14-23,26,28H,3-13,24-25,27H2,1-2H3,(H,39,40). The summed E-state index contributed by atoms with van der Waals surface area (Å²) in [6.07, 6.45) is 13.6. The predicted molar refractivity (Wildman–Crippen MR) is 179 cm³/mol. The number of benzene rings is 3. The van der Waals surface area contributed by atoms with Crippen LogP contribution in [0.25, 0.3) is 22.3 Å². The first-order valence-corrected chi connectivity index (χ1v) is 17.0. The predicted octanol–water partition coefficient (Wildman–Crippen LogP) is 10.6. The van der Waals surface area contributed by atoms with Gasteiger partial charge in [-0.2, -0.15) is 0 Å². The second kappa shape index (κ2) is 19.2. The smallest absolute Gasteiger partial charge is 0.338 e. The summed E-state index contributed by atoms with van der Waals surface area (Å²) in [6, 6.07) is 20.3. The minimum atomic E-state index is -0.968. The first kappa shape index (κ1) is 34.4. The van der Waals surface area contributed by atoms with Crippen molar-refractivity contribution in [3.63, 3.8) is 0 Å². The molecule has 0 radical (unpaired) electrons. The summed E-state index contributed by atoms with van der Waals surface area (Å²) in [7, 11) is 0. The maximum absolute atomic E-state index is 12.3. The molecule has 0 aliphatic carbocycles. The fraction of sp³-hybridized carbons (Fsp3) is 0.459. The summed E-state index contributed by atoms with van der Waals surface area (Å²) in [6.45, 7) is 5.17. The van der Waals surface area contributed by atoms with Crippen molar-refractivity contribution in [2.45, 2.75) is 84.5 Å². The van der Waals surface area contributed by atoms with Crippen molar-refractivity contribution in [3.8, 4) is 28.0 Å². The van der Waals surface area contributed by atoms with Crippen LogP contribution in [0.1, 0.15) is 105 Å². The van der Waals surface area contributed by atoms with E-state index < -0.39 is 5.97 Å². The molecule has 0 saturated heterocycles. The molecule has 3 aromatic carbocycles. The lowest BCUT2D eigenvalue weighted by atomic mass is 9.96. The third kappa shape index (κ3) is 11.8. The van der Waals surface area contributed by atoms with E-state index in [2.05, 4.69) is 29.8 Å². The molecule has 43 heavy (non-hydrogen) atoms. The van der Waals surface area contributed by atoms with Gasteiger partial charge in [-0.15, -0.1) is 0 Å². The fourth-order valence-electron chi connectivity index (χ4n) is 4.90. The van der Waals surface area contributed by atoms with E-state index in [0.29, 0.717) is 36.0 Å². The van der Waals surface area contributed by atoms with E-state index in [-0.39, 0.29) is 11.5 Å². The van der Waals surface area contributed by atoms with Gasteiger partial charge in [-0.1, -0.05) is 124 Å². The van der Waals surface area contributed by atoms with Crippen LogP contribution in [-0.2, 0) is 4.74 Å². The molecule has 1 atom stereocenters. The van der Waals surface area contributed by atoms with Gasteiger partial charge in [0, 0.05) is 5.33 Å². The van der Waals surface area contributed by atoms with Crippen LogP contribution < -0.4 is 4.74 Å². The number of alkyl halides is 1. The first-order valence-electron chi connectivity index (χ1n) is 15.9. The summed E-state index contributed by atoms with van der Waals surface area (Å²) in [5.74, 6) is -0.259. The van der Waals surface area contributed by atoms with Crippen molar-refractivity contribution in [1.82, 2.24) is 0 Å². The molecule has 3 aromatic rings. The van der Waals surface area contributed by atoms with Crippen LogP contribution in [0.4, 0.5) is 0 Å². The number of unbranched alkanes of at least 4 members (excludes halogenated alkanes) is 9. The number of carbonyl (C=O) groups excluding carboxylic acids is 1. The van der Waals surface area contributed by atoms with Crippen molar-refractivity contribution in [2.75, 3.05) is 18.5 Å². The molecule has 0 saturated carbocycles. The Morgan fingerprint density at radius 1 is 0.744 bits per heavy atom. The minimum Gasteiger partial charge on any atom is -0.494 e. The van der Waals surface area contributed by atoms with E-state index in [1.165, 1.54) is 51.4 Å². The number of aromatic carboxylic acids is 1. The summed E-state index contributed by atoms with van der Waals surface area (Å²) in [5.41, 5.74) is 4.15. The van der Waals surface area contributed by atoms with E-state index >= 15 is 0 Å². The molecule has 0 aromatic heterocycles. The highest BCUT2D eigenvalue weighted by Gasteiger charge is 2.14. The van der Waals surface area contributed by atoms with Gasteiger partial charge in [-0.3, -0.25) is 0 Å². The Balaban J connectivity index is 1.52. The second-order valence-electron chi connectivity index (χ2n) is 11.4. The highest BCUT2D eigenvalue weighted by Crippen LogP contribution is 2.31. The molecule has 0 bridgehead atoms. The molecule has 0 fully saturated rings. The molecule has 1 unspecified atom stereocenters. The molecule has 5 nitrogen and oxygen atoms in total. The number of esters is 1. The number of hydrogen-bond donors (Lipinski definition) is 1. The molecule has 6 heteroatoms. The molecule has 1 N–H and O–H groups in total. The van der Waals surface area contributed by atoms with Crippen LogP contribution in [-0.4, -0.2) is 35.6 Å². The number of ether oxygens (including phenoxy) is 2. The number of rotatable bonds is 20. The molecule has 0 aliphatic rings. The molecule has 0 spiro atoms. The van der Waals surface area contributed by atoms with Gasteiger partial charge in [0.2, 0.25) is 0 Å². The van der Waals surface area contributed by atoms with Gasteiger partial charge in [0.15, 0.2) is 0 Å². The number of carboxylic acids is 1. The SMILES string of the molecule is CCC(C)COC(=O)c1ccc(-c2ccc(-c3cc(OCCCCCCCCCCCCBr)ccc3C(=O)O)cc2)cc1. The minimum absolute atomic E-state index is 0.243. The molecule has 0 aliphatic heterocycles. The Bertz CT molecular complexity index is 1250. The monoisotopic (exact) mass is 650 g/mol. The van der Waals surface area contributed by atoms with E-state index in [1.54, 1.807) is 24.3 Å². The van der Waals surface area contributed by atoms with E-state index in [4.69, 9.17) is 9.47 Å². The van der Waals surface area contributed by atoms with Crippen molar-refractivity contribution in [1.29, 1.82) is 0 Å². The van der Waals surface area contributed by atoms with Crippen LogP contribution in [0, 0.1) is 5.92 Å². The Kier molecular flexibility index (Phi) is 15.4. The van der Waals surface area contributed by atoms with Gasteiger partial charge in [0.25, 0.3) is 0 Å².